The molecule has 0 radical (unpaired) electrons. The van der Waals surface area contributed by atoms with E-state index in [1.807, 2.05) is 18.2 Å². The molecule has 1 aliphatic rings. The maximum Gasteiger partial charge on any atom is 0.407 e. The Bertz CT molecular complexity index is 715. The fourth-order valence-corrected chi connectivity index (χ4v) is 2.95. The van der Waals surface area contributed by atoms with Crippen LogP contribution >= 0.6 is 0 Å². The quantitative estimate of drug-likeness (QED) is 0.932. The number of fused-ring (bicyclic) bond motifs is 1. The molecule has 1 N–H and O–H groups in total. The van der Waals surface area contributed by atoms with Gasteiger partial charge in [0, 0.05) is 25.1 Å². The second-order valence-electron chi connectivity index (χ2n) is 5.73. The largest absolute Gasteiger partial charge is 0.493 e. The Labute approximate surface area is 134 Å². The molecule has 5 heteroatoms. The molecule has 1 amide bonds. The number of likely N-dealkylation sites (N-methyl/N-ethyl adjacent to an activating group) is 1. The van der Waals surface area contributed by atoms with Crippen LogP contribution in [0.2, 0.25) is 0 Å². The lowest BCUT2D eigenvalue weighted by Gasteiger charge is -2.30. The third-order valence-corrected chi connectivity index (χ3v) is 4.17. The zero-order chi connectivity index (χ0) is 16.4. The average Bonchev–Trinajstić information content (AvgIpc) is 2.55. The van der Waals surface area contributed by atoms with Crippen LogP contribution in [-0.2, 0) is 0 Å². The molecule has 4 nitrogen and oxygen atoms in total. The number of hydrogen-bond acceptors (Lipinski definition) is 2. The summed E-state index contributed by atoms with van der Waals surface area (Å²) in [5, 5.41) is 9.08. The lowest BCUT2D eigenvalue weighted by atomic mass is 9.89. The lowest BCUT2D eigenvalue weighted by Crippen LogP contribution is -2.31. The van der Waals surface area contributed by atoms with Crippen molar-refractivity contribution in [3.63, 3.8) is 0 Å². The van der Waals surface area contributed by atoms with Crippen molar-refractivity contribution in [1.29, 1.82) is 0 Å². The number of carboxylic acid groups (broad SMARTS) is 1. The number of para-hydroxylation sites is 1. The summed E-state index contributed by atoms with van der Waals surface area (Å²) in [5.41, 5.74) is 2.80. The predicted octanol–water partition coefficient (Wildman–Crippen LogP) is 3.97. The van der Waals surface area contributed by atoms with Crippen molar-refractivity contribution >= 4 is 6.09 Å². The number of nitrogens with zero attached hydrogens (tertiary/aromatic N) is 1. The van der Waals surface area contributed by atoms with Crippen molar-refractivity contribution in [2.75, 3.05) is 20.2 Å². The Kier molecular flexibility index (Phi) is 4.19. The fourth-order valence-electron chi connectivity index (χ4n) is 2.95. The minimum Gasteiger partial charge on any atom is -0.493 e. The number of rotatable bonds is 3. The maximum atomic E-state index is 13.1. The highest BCUT2D eigenvalue weighted by molar-refractivity contribution is 5.73. The number of ether oxygens (including phenoxy) is 1. The van der Waals surface area contributed by atoms with Gasteiger partial charge in [0.1, 0.15) is 11.6 Å². The van der Waals surface area contributed by atoms with E-state index in [1.165, 1.54) is 17.0 Å². The van der Waals surface area contributed by atoms with Crippen molar-refractivity contribution in [1.82, 2.24) is 4.90 Å². The minimum atomic E-state index is -0.937. The van der Waals surface area contributed by atoms with Gasteiger partial charge in [0.05, 0.1) is 6.61 Å². The molecule has 3 rings (SSSR count). The van der Waals surface area contributed by atoms with E-state index in [-0.39, 0.29) is 11.7 Å². The van der Waals surface area contributed by atoms with E-state index in [2.05, 4.69) is 0 Å². The van der Waals surface area contributed by atoms with E-state index in [0.717, 1.165) is 28.9 Å². The lowest BCUT2D eigenvalue weighted by molar-refractivity contribution is 0.149. The molecule has 2 aromatic rings. The van der Waals surface area contributed by atoms with Crippen LogP contribution in [0.15, 0.2) is 42.5 Å². The Morgan fingerprint density at radius 1 is 1.30 bits per heavy atom. The summed E-state index contributed by atoms with van der Waals surface area (Å²) in [6.07, 6.45) is -0.162. The molecule has 0 spiro atoms. The van der Waals surface area contributed by atoms with Crippen LogP contribution in [0.3, 0.4) is 0 Å². The maximum absolute atomic E-state index is 13.1. The molecular weight excluding hydrogens is 297 g/mol. The van der Waals surface area contributed by atoms with E-state index >= 15 is 0 Å². The fraction of sp³-hybridized carbons (Fsp3) is 0.278. The van der Waals surface area contributed by atoms with Crippen LogP contribution in [-0.4, -0.2) is 36.3 Å². The summed E-state index contributed by atoms with van der Waals surface area (Å²) >= 11 is 0. The van der Waals surface area contributed by atoms with Crippen molar-refractivity contribution in [2.45, 2.75) is 12.3 Å². The molecular formula is C18H18FNO3. The first-order chi connectivity index (χ1) is 11.1. The van der Waals surface area contributed by atoms with Gasteiger partial charge in [-0.25, -0.2) is 9.18 Å². The van der Waals surface area contributed by atoms with Crippen LogP contribution in [0, 0.1) is 5.82 Å². The summed E-state index contributed by atoms with van der Waals surface area (Å²) in [7, 11) is 1.57. The molecule has 1 atom stereocenters. The first-order valence-corrected chi connectivity index (χ1v) is 7.52. The molecule has 0 saturated heterocycles. The third kappa shape index (κ3) is 3.13. The summed E-state index contributed by atoms with van der Waals surface area (Å²) in [4.78, 5) is 12.4. The standard InChI is InChI=1S/C18H18FNO3/c1-20(18(21)22)11-13-9-10-23-17-15(3-2-4-16(13)17)12-5-7-14(19)8-6-12/h2-8,13H,9-11H2,1H3,(H,21,22)/t13-/m0/s1. The highest BCUT2D eigenvalue weighted by atomic mass is 19.1. The SMILES string of the molecule is CN(C[C@@H]1CCOc2c(-c3ccc(F)cc3)cccc21)C(=O)O. The summed E-state index contributed by atoms with van der Waals surface area (Å²) < 4.78 is 19.0. The number of benzene rings is 2. The first kappa shape index (κ1) is 15.3. The Morgan fingerprint density at radius 2 is 2.04 bits per heavy atom. The van der Waals surface area contributed by atoms with Crippen molar-refractivity contribution in [3.05, 3.63) is 53.8 Å². The highest BCUT2D eigenvalue weighted by Gasteiger charge is 2.26. The molecule has 0 saturated carbocycles. The number of amides is 1. The average molecular weight is 315 g/mol. The van der Waals surface area contributed by atoms with E-state index in [9.17, 15) is 9.18 Å². The summed E-state index contributed by atoms with van der Waals surface area (Å²) in [6.45, 7) is 0.974. The monoisotopic (exact) mass is 315 g/mol. The van der Waals surface area contributed by atoms with Crippen LogP contribution in [0.5, 0.6) is 5.75 Å². The van der Waals surface area contributed by atoms with Gasteiger partial charge in [-0.05, 0) is 29.7 Å². The number of halogens is 1. The smallest absolute Gasteiger partial charge is 0.407 e. The van der Waals surface area contributed by atoms with Crippen LogP contribution in [0.1, 0.15) is 17.9 Å². The van der Waals surface area contributed by atoms with Crippen molar-refractivity contribution < 1.29 is 19.0 Å². The Morgan fingerprint density at radius 3 is 2.74 bits per heavy atom. The Hall–Kier alpha value is -2.56. The Balaban J connectivity index is 1.97. The van der Waals surface area contributed by atoms with Gasteiger partial charge in [0.2, 0.25) is 0 Å². The molecule has 0 fully saturated rings. The zero-order valence-electron chi connectivity index (χ0n) is 12.8. The van der Waals surface area contributed by atoms with E-state index < -0.39 is 6.09 Å². The second kappa shape index (κ2) is 6.28. The van der Waals surface area contributed by atoms with E-state index in [1.54, 1.807) is 19.2 Å². The van der Waals surface area contributed by atoms with E-state index in [4.69, 9.17) is 9.84 Å². The van der Waals surface area contributed by atoms with Crippen molar-refractivity contribution in [2.24, 2.45) is 0 Å². The molecule has 1 aliphatic heterocycles. The van der Waals surface area contributed by atoms with Gasteiger partial charge in [-0.1, -0.05) is 30.3 Å². The van der Waals surface area contributed by atoms with Gasteiger partial charge >= 0.3 is 6.09 Å². The van der Waals surface area contributed by atoms with Gasteiger partial charge in [-0.15, -0.1) is 0 Å². The zero-order valence-corrected chi connectivity index (χ0v) is 12.8. The van der Waals surface area contributed by atoms with Gasteiger partial charge in [-0.3, -0.25) is 0 Å². The molecule has 120 valence electrons. The molecule has 1 heterocycles. The van der Waals surface area contributed by atoms with Gasteiger partial charge in [0.15, 0.2) is 0 Å². The number of carbonyl (C=O) groups is 1. The van der Waals surface area contributed by atoms with Crippen molar-refractivity contribution in [3.8, 4) is 16.9 Å². The topological polar surface area (TPSA) is 49.8 Å². The molecule has 23 heavy (non-hydrogen) atoms. The first-order valence-electron chi connectivity index (χ1n) is 7.52. The van der Waals surface area contributed by atoms with Gasteiger partial charge in [0.25, 0.3) is 0 Å². The molecule has 2 aromatic carbocycles. The summed E-state index contributed by atoms with van der Waals surface area (Å²) in [6, 6.07) is 12.1. The molecule has 0 aromatic heterocycles. The second-order valence-corrected chi connectivity index (χ2v) is 5.73. The van der Waals surface area contributed by atoms with E-state index in [0.29, 0.717) is 13.2 Å². The van der Waals surface area contributed by atoms with Gasteiger partial charge < -0.3 is 14.7 Å². The van der Waals surface area contributed by atoms with Crippen LogP contribution in [0.25, 0.3) is 11.1 Å². The summed E-state index contributed by atoms with van der Waals surface area (Å²) in [5.74, 6) is 0.592. The predicted molar refractivity (Wildman–Crippen MR) is 85.3 cm³/mol. The third-order valence-electron chi connectivity index (χ3n) is 4.17. The van der Waals surface area contributed by atoms with Crippen LogP contribution in [0.4, 0.5) is 9.18 Å². The number of hydrogen-bond donors (Lipinski definition) is 1. The van der Waals surface area contributed by atoms with Gasteiger partial charge in [-0.2, -0.15) is 0 Å². The molecule has 0 bridgehead atoms. The molecule has 0 unspecified atom stereocenters. The van der Waals surface area contributed by atoms with Crippen LogP contribution < -0.4 is 4.74 Å². The highest BCUT2D eigenvalue weighted by Crippen LogP contribution is 2.41. The molecule has 0 aliphatic carbocycles. The normalized spacial score (nSPS) is 16.3. The minimum absolute atomic E-state index is 0.0975.